The summed E-state index contributed by atoms with van der Waals surface area (Å²) in [6.07, 6.45) is 36.3. The molecule has 2 aromatic carbocycles. The molecule has 4 aromatic rings. The third-order valence-corrected chi connectivity index (χ3v) is 13.3. The molecule has 0 fully saturated rings. The SMILES string of the molecule is CCCCCCCCC(CCCCCC)Cc1cc2c(cc1CC(CCCCCC)CCCCCCCC)c1ccsc1c1sccc21. The third-order valence-electron chi connectivity index (χ3n) is 11.3. The first-order valence-electron chi connectivity index (χ1n) is 21.0. The van der Waals surface area contributed by atoms with Gasteiger partial charge in [0.2, 0.25) is 0 Å². The second-order valence-electron chi connectivity index (χ2n) is 15.4. The molecule has 2 atom stereocenters. The highest BCUT2D eigenvalue weighted by molar-refractivity contribution is 7.25. The van der Waals surface area contributed by atoms with Crippen molar-refractivity contribution in [2.24, 2.45) is 11.8 Å². The normalized spacial score (nSPS) is 13.3. The van der Waals surface area contributed by atoms with Crippen LogP contribution in [-0.2, 0) is 12.8 Å². The van der Waals surface area contributed by atoms with Crippen molar-refractivity contribution in [2.75, 3.05) is 0 Å². The third kappa shape index (κ3) is 12.4. The summed E-state index contributed by atoms with van der Waals surface area (Å²) in [5.41, 5.74) is 3.41. The molecule has 2 heteroatoms. The number of fused-ring (bicyclic) bond motifs is 6. The number of unbranched alkanes of at least 4 members (excludes halogenated alkanes) is 16. The Morgan fingerprint density at radius 3 is 1.06 bits per heavy atom. The molecule has 2 heterocycles. The van der Waals surface area contributed by atoms with Crippen LogP contribution in [0, 0.1) is 11.8 Å². The minimum atomic E-state index is 0.827. The summed E-state index contributed by atoms with van der Waals surface area (Å²) in [7, 11) is 0. The van der Waals surface area contributed by atoms with Gasteiger partial charge in [0.1, 0.15) is 0 Å². The Bertz CT molecular complexity index is 1300. The van der Waals surface area contributed by atoms with Crippen molar-refractivity contribution in [2.45, 2.75) is 195 Å². The maximum Gasteiger partial charge on any atom is 0.0527 e. The average Bonchev–Trinajstić information content (AvgIpc) is 3.79. The van der Waals surface area contributed by atoms with Crippen LogP contribution in [0.25, 0.3) is 30.9 Å². The Balaban J connectivity index is 1.64. The Kier molecular flexibility index (Phi) is 19.0. The molecule has 0 N–H and O–H groups in total. The van der Waals surface area contributed by atoms with Crippen LogP contribution in [0.3, 0.4) is 0 Å². The van der Waals surface area contributed by atoms with E-state index in [9.17, 15) is 0 Å². The minimum Gasteiger partial charge on any atom is -0.142 e. The molecule has 0 aliphatic rings. The molecule has 4 rings (SSSR count). The molecule has 0 spiro atoms. The van der Waals surface area contributed by atoms with Crippen molar-refractivity contribution in [3.05, 3.63) is 46.2 Å². The topological polar surface area (TPSA) is 0 Å². The molecule has 0 radical (unpaired) electrons. The van der Waals surface area contributed by atoms with Crippen LogP contribution < -0.4 is 0 Å². The van der Waals surface area contributed by atoms with Crippen LogP contribution in [-0.4, -0.2) is 0 Å². The largest absolute Gasteiger partial charge is 0.142 e. The average molecular weight is 689 g/mol. The minimum absolute atomic E-state index is 0.827. The van der Waals surface area contributed by atoms with Crippen molar-refractivity contribution in [1.29, 1.82) is 0 Å². The maximum atomic E-state index is 2.72. The van der Waals surface area contributed by atoms with E-state index in [0.29, 0.717) is 0 Å². The molecule has 0 saturated carbocycles. The van der Waals surface area contributed by atoms with Crippen molar-refractivity contribution in [3.8, 4) is 0 Å². The zero-order valence-corrected chi connectivity index (χ0v) is 33.5. The molecule has 0 aliphatic carbocycles. The first kappa shape index (κ1) is 39.4. The summed E-state index contributed by atoms with van der Waals surface area (Å²) in [5, 5.41) is 10.7. The fourth-order valence-corrected chi connectivity index (χ4v) is 10.4. The molecule has 2 unspecified atom stereocenters. The molecule has 0 amide bonds. The predicted octanol–water partition coefficient (Wildman–Crippen LogP) is 17.0. The van der Waals surface area contributed by atoms with Gasteiger partial charge in [-0.3, -0.25) is 0 Å². The van der Waals surface area contributed by atoms with Gasteiger partial charge in [-0.2, -0.15) is 0 Å². The fourth-order valence-electron chi connectivity index (χ4n) is 8.37. The lowest BCUT2D eigenvalue weighted by atomic mass is 9.82. The Morgan fingerprint density at radius 1 is 0.396 bits per heavy atom. The summed E-state index contributed by atoms with van der Waals surface area (Å²) < 4.78 is 3.01. The van der Waals surface area contributed by atoms with E-state index in [2.05, 4.69) is 62.7 Å². The van der Waals surface area contributed by atoms with Gasteiger partial charge >= 0.3 is 0 Å². The fraction of sp³-hybridized carbons (Fsp3) is 0.696. The van der Waals surface area contributed by atoms with Crippen LogP contribution >= 0.6 is 22.7 Å². The highest BCUT2D eigenvalue weighted by Gasteiger charge is 2.20. The highest BCUT2D eigenvalue weighted by atomic mass is 32.1. The summed E-state index contributed by atoms with van der Waals surface area (Å²) >= 11 is 3.89. The van der Waals surface area contributed by atoms with Gasteiger partial charge in [0.25, 0.3) is 0 Å². The number of benzene rings is 2. The monoisotopic (exact) mass is 689 g/mol. The standard InChI is InChI=1S/C46H72S2/c1-5-9-13-17-19-23-27-37(25-21-15-11-7-3)33-39-35-43-41-29-31-47-45(41)46-42(30-32-48-46)44(43)36-40(39)34-38(26-22-16-12-8-4)28-24-20-18-14-10-6-2/h29-32,35-38H,5-28,33-34H2,1-4H3. The van der Waals surface area contributed by atoms with Crippen LogP contribution in [0.2, 0.25) is 0 Å². The van der Waals surface area contributed by atoms with E-state index in [1.54, 1.807) is 11.1 Å². The highest BCUT2D eigenvalue weighted by Crippen LogP contribution is 2.42. The Labute approximate surface area is 304 Å². The summed E-state index contributed by atoms with van der Waals surface area (Å²) in [6, 6.07) is 10.3. The van der Waals surface area contributed by atoms with Gasteiger partial charge in [-0.15, -0.1) is 22.7 Å². The van der Waals surface area contributed by atoms with Gasteiger partial charge in [0, 0.05) is 10.8 Å². The molecule has 0 saturated heterocycles. The van der Waals surface area contributed by atoms with Gasteiger partial charge in [0.05, 0.1) is 9.40 Å². The molecule has 0 aliphatic heterocycles. The lowest BCUT2D eigenvalue weighted by Crippen LogP contribution is -2.11. The van der Waals surface area contributed by atoms with Crippen molar-refractivity contribution < 1.29 is 0 Å². The van der Waals surface area contributed by atoms with E-state index in [1.807, 2.05) is 22.7 Å². The van der Waals surface area contributed by atoms with Crippen LogP contribution in [0.5, 0.6) is 0 Å². The lowest BCUT2D eigenvalue weighted by molar-refractivity contribution is 0.391. The molecule has 268 valence electrons. The van der Waals surface area contributed by atoms with Crippen LogP contribution in [0.15, 0.2) is 35.0 Å². The predicted molar refractivity (Wildman–Crippen MR) is 223 cm³/mol. The van der Waals surface area contributed by atoms with E-state index in [4.69, 9.17) is 0 Å². The van der Waals surface area contributed by atoms with Gasteiger partial charge in [0.15, 0.2) is 0 Å². The first-order valence-corrected chi connectivity index (χ1v) is 22.8. The molecular weight excluding hydrogens is 617 g/mol. The van der Waals surface area contributed by atoms with E-state index in [0.717, 1.165) is 11.8 Å². The molecule has 0 nitrogen and oxygen atoms in total. The number of thiophene rings is 2. The van der Waals surface area contributed by atoms with E-state index >= 15 is 0 Å². The smallest absolute Gasteiger partial charge is 0.0527 e. The quantitative estimate of drug-likeness (QED) is 0.0521. The molecule has 0 bridgehead atoms. The summed E-state index contributed by atoms with van der Waals surface area (Å²) in [4.78, 5) is 0. The van der Waals surface area contributed by atoms with Gasteiger partial charge < -0.3 is 0 Å². The van der Waals surface area contributed by atoms with Crippen LogP contribution in [0.1, 0.15) is 193 Å². The number of rotatable bonds is 28. The van der Waals surface area contributed by atoms with E-state index in [-0.39, 0.29) is 0 Å². The number of hydrogen-bond acceptors (Lipinski definition) is 2. The number of hydrogen-bond donors (Lipinski definition) is 0. The first-order chi connectivity index (χ1) is 23.7. The van der Waals surface area contributed by atoms with Crippen molar-refractivity contribution in [1.82, 2.24) is 0 Å². The maximum absolute atomic E-state index is 2.72. The molecule has 2 aromatic heterocycles. The van der Waals surface area contributed by atoms with Crippen molar-refractivity contribution in [3.63, 3.8) is 0 Å². The summed E-state index contributed by atoms with van der Waals surface area (Å²) in [6.45, 7) is 9.39. The van der Waals surface area contributed by atoms with Crippen molar-refractivity contribution >= 4 is 53.6 Å². The zero-order valence-electron chi connectivity index (χ0n) is 31.8. The van der Waals surface area contributed by atoms with Crippen LogP contribution in [0.4, 0.5) is 0 Å². The lowest BCUT2D eigenvalue weighted by Gasteiger charge is -2.23. The van der Waals surface area contributed by atoms with E-state index < -0.39 is 0 Å². The Hall–Kier alpha value is -1.38. The molecular formula is C46H72S2. The van der Waals surface area contributed by atoms with Gasteiger partial charge in [-0.05, 0) is 69.5 Å². The zero-order chi connectivity index (χ0) is 33.8. The summed E-state index contributed by atoms with van der Waals surface area (Å²) in [5.74, 6) is 1.65. The van der Waals surface area contributed by atoms with Gasteiger partial charge in [-0.1, -0.05) is 194 Å². The Morgan fingerprint density at radius 2 is 0.708 bits per heavy atom. The molecule has 48 heavy (non-hydrogen) atoms. The van der Waals surface area contributed by atoms with E-state index in [1.165, 1.54) is 198 Å². The second-order valence-corrected chi connectivity index (χ2v) is 17.3. The van der Waals surface area contributed by atoms with Gasteiger partial charge in [-0.25, -0.2) is 0 Å². The second kappa shape index (κ2) is 23.2.